The van der Waals surface area contributed by atoms with Crippen molar-refractivity contribution in [1.29, 1.82) is 5.26 Å². The quantitative estimate of drug-likeness (QED) is 0.270. The lowest BCUT2D eigenvalue weighted by Gasteiger charge is -2.13. The number of halogens is 2. The van der Waals surface area contributed by atoms with Gasteiger partial charge in [0.1, 0.15) is 11.1 Å². The van der Waals surface area contributed by atoms with Crippen LogP contribution in [-0.2, 0) is 6.54 Å². The molecule has 0 aliphatic heterocycles. The van der Waals surface area contributed by atoms with E-state index in [1.54, 1.807) is 40.6 Å². The van der Waals surface area contributed by atoms with Crippen LogP contribution < -0.4 is 24.3 Å². The van der Waals surface area contributed by atoms with E-state index in [2.05, 4.69) is 43.2 Å². The molecule has 2 aromatic carbocycles. The molecule has 0 aliphatic rings. The second-order valence-corrected chi connectivity index (χ2v) is 8.02. The summed E-state index contributed by atoms with van der Waals surface area (Å²) in [5.41, 5.74) is 1.98. The van der Waals surface area contributed by atoms with Crippen LogP contribution in [0.15, 0.2) is 38.8 Å². The molecule has 30 heavy (non-hydrogen) atoms. The van der Waals surface area contributed by atoms with E-state index >= 15 is 0 Å². The van der Waals surface area contributed by atoms with E-state index in [9.17, 15) is 5.26 Å². The Morgan fingerprint density at radius 3 is 2.07 bits per heavy atom. The average molecular weight is 556 g/mol. The number of rotatable bonds is 8. The monoisotopic (exact) mass is 554 g/mol. The molecule has 1 N–H and O–H groups in total. The first kappa shape index (κ1) is 24.0. The van der Waals surface area contributed by atoms with Crippen molar-refractivity contribution in [3.63, 3.8) is 0 Å². The summed E-state index contributed by atoms with van der Waals surface area (Å²) in [6, 6.07) is 9.49. The summed E-state index contributed by atoms with van der Waals surface area (Å²) in [7, 11) is 6.26. The van der Waals surface area contributed by atoms with Crippen molar-refractivity contribution in [1.82, 2.24) is 5.32 Å². The molecule has 0 spiro atoms. The van der Waals surface area contributed by atoms with E-state index in [4.69, 9.17) is 31.2 Å². The van der Waals surface area contributed by atoms with Crippen LogP contribution in [0.25, 0.3) is 6.08 Å². The van der Waals surface area contributed by atoms with Gasteiger partial charge in [0, 0.05) is 6.54 Å². The van der Waals surface area contributed by atoms with Gasteiger partial charge >= 0.3 is 0 Å². The number of benzene rings is 2. The molecule has 2 aromatic rings. The topological polar surface area (TPSA) is 72.7 Å². The fourth-order valence-corrected chi connectivity index (χ4v) is 4.14. The minimum absolute atomic E-state index is 0.323. The predicted molar refractivity (Wildman–Crippen MR) is 128 cm³/mol. The van der Waals surface area contributed by atoms with E-state index in [0.717, 1.165) is 15.6 Å². The van der Waals surface area contributed by atoms with E-state index in [-0.39, 0.29) is 0 Å². The van der Waals surface area contributed by atoms with Crippen LogP contribution in [0.2, 0.25) is 0 Å². The first-order valence-corrected chi connectivity index (χ1v) is 10.6. The highest BCUT2D eigenvalue weighted by Crippen LogP contribution is 2.37. The molecule has 9 heteroatoms. The Balaban J connectivity index is 2.23. The van der Waals surface area contributed by atoms with Gasteiger partial charge in [-0.2, -0.15) is 5.26 Å². The van der Waals surface area contributed by atoms with Crippen molar-refractivity contribution in [3.05, 3.63) is 49.9 Å². The molecule has 0 aromatic heterocycles. The van der Waals surface area contributed by atoms with Gasteiger partial charge in [-0.15, -0.1) is 0 Å². The zero-order valence-electron chi connectivity index (χ0n) is 16.8. The molecule has 0 aliphatic carbocycles. The third-order valence-corrected chi connectivity index (χ3v) is 5.62. The summed E-state index contributed by atoms with van der Waals surface area (Å²) in [5, 5.41) is 12.7. The lowest BCUT2D eigenvalue weighted by atomic mass is 10.1. The zero-order valence-corrected chi connectivity index (χ0v) is 20.8. The van der Waals surface area contributed by atoms with Gasteiger partial charge in [-0.1, -0.05) is 12.2 Å². The number of hydrogen-bond acceptors (Lipinski definition) is 6. The predicted octanol–water partition coefficient (Wildman–Crippen LogP) is 5.27. The highest BCUT2D eigenvalue weighted by molar-refractivity contribution is 9.11. The SMILES string of the molecule is COc1cc(C=C(C#N)C(=S)NCc2cc(Br)c(OC)c(OC)c2)cc(Br)c1OC. The second kappa shape index (κ2) is 11.2. The average Bonchev–Trinajstić information content (AvgIpc) is 2.74. The van der Waals surface area contributed by atoms with Gasteiger partial charge in [0.05, 0.1) is 43.0 Å². The highest BCUT2D eigenvalue weighted by atomic mass is 79.9. The fraction of sp³-hybridized carbons (Fsp3) is 0.238. The number of ether oxygens (including phenoxy) is 4. The van der Waals surface area contributed by atoms with Crippen LogP contribution in [0.5, 0.6) is 23.0 Å². The van der Waals surface area contributed by atoms with Crippen molar-refractivity contribution >= 4 is 55.1 Å². The minimum atomic E-state index is 0.323. The largest absolute Gasteiger partial charge is 0.493 e. The fourth-order valence-electron chi connectivity index (χ4n) is 2.69. The molecule has 0 bridgehead atoms. The maximum absolute atomic E-state index is 9.59. The van der Waals surface area contributed by atoms with Gasteiger partial charge in [-0.05, 0) is 73.3 Å². The molecular formula is C21H20Br2N2O4S. The van der Waals surface area contributed by atoms with E-state index < -0.39 is 0 Å². The van der Waals surface area contributed by atoms with Crippen molar-refractivity contribution in [3.8, 4) is 29.1 Å². The molecule has 6 nitrogen and oxygen atoms in total. The van der Waals surface area contributed by atoms with Gasteiger partial charge < -0.3 is 24.3 Å². The Labute approximate surface area is 198 Å². The van der Waals surface area contributed by atoms with Gasteiger partial charge in [-0.3, -0.25) is 0 Å². The summed E-state index contributed by atoms with van der Waals surface area (Å²) < 4.78 is 22.8. The molecule has 2 rings (SSSR count). The van der Waals surface area contributed by atoms with E-state index in [0.29, 0.717) is 44.6 Å². The normalized spacial score (nSPS) is 10.8. The molecule has 0 fully saturated rings. The number of nitrogens with one attached hydrogen (secondary N) is 1. The van der Waals surface area contributed by atoms with Crippen LogP contribution in [0.4, 0.5) is 0 Å². The Bertz CT molecular complexity index is 1020. The van der Waals surface area contributed by atoms with Crippen LogP contribution in [0.1, 0.15) is 11.1 Å². The third-order valence-electron chi connectivity index (χ3n) is 4.08. The van der Waals surface area contributed by atoms with Crippen molar-refractivity contribution in [2.45, 2.75) is 6.54 Å². The van der Waals surface area contributed by atoms with Gasteiger partial charge in [0.15, 0.2) is 23.0 Å². The number of nitriles is 1. The maximum atomic E-state index is 9.59. The van der Waals surface area contributed by atoms with Crippen LogP contribution >= 0.6 is 44.1 Å². The second-order valence-electron chi connectivity index (χ2n) is 5.90. The van der Waals surface area contributed by atoms with Crippen LogP contribution in [0.3, 0.4) is 0 Å². The molecule has 0 amide bonds. The number of nitrogens with zero attached hydrogens (tertiary/aromatic N) is 1. The number of thiocarbonyl (C=S) groups is 1. The Morgan fingerprint density at radius 2 is 1.53 bits per heavy atom. The van der Waals surface area contributed by atoms with Crippen molar-refractivity contribution < 1.29 is 18.9 Å². The van der Waals surface area contributed by atoms with Gasteiger partial charge in [0.25, 0.3) is 0 Å². The first-order valence-electron chi connectivity index (χ1n) is 8.60. The molecular weight excluding hydrogens is 536 g/mol. The summed E-state index contributed by atoms with van der Waals surface area (Å²) >= 11 is 12.3. The molecule has 0 heterocycles. The van der Waals surface area contributed by atoms with Crippen LogP contribution in [0, 0.1) is 11.3 Å². The summed E-state index contributed by atoms with van der Waals surface area (Å²) in [6.07, 6.45) is 1.69. The van der Waals surface area contributed by atoms with E-state index in [1.165, 1.54) is 0 Å². The van der Waals surface area contributed by atoms with Crippen LogP contribution in [-0.4, -0.2) is 33.4 Å². The maximum Gasteiger partial charge on any atom is 0.174 e. The Hall–Kier alpha value is -2.28. The summed E-state index contributed by atoms with van der Waals surface area (Å²) in [6.45, 7) is 0.409. The summed E-state index contributed by atoms with van der Waals surface area (Å²) in [5.74, 6) is 2.33. The molecule has 0 radical (unpaired) electrons. The number of hydrogen-bond donors (Lipinski definition) is 1. The summed E-state index contributed by atoms with van der Waals surface area (Å²) in [4.78, 5) is 0.328. The standard InChI is InChI=1S/C21H20Br2N2O4S/c1-26-17-8-12(6-15(22)19(17)28-3)5-14(10-24)21(30)25-11-13-7-16(23)20(29-4)18(9-13)27-2/h5-9H,11H2,1-4H3,(H,25,30). The molecule has 0 unspecified atom stereocenters. The minimum Gasteiger partial charge on any atom is -0.493 e. The first-order chi connectivity index (χ1) is 14.4. The highest BCUT2D eigenvalue weighted by Gasteiger charge is 2.13. The van der Waals surface area contributed by atoms with Crippen molar-refractivity contribution in [2.75, 3.05) is 28.4 Å². The Morgan fingerprint density at radius 1 is 0.967 bits per heavy atom. The lowest BCUT2D eigenvalue weighted by Crippen LogP contribution is -2.22. The smallest absolute Gasteiger partial charge is 0.174 e. The van der Waals surface area contributed by atoms with Gasteiger partial charge in [-0.25, -0.2) is 0 Å². The number of methoxy groups -OCH3 is 4. The van der Waals surface area contributed by atoms with E-state index in [1.807, 2.05) is 18.2 Å². The molecule has 0 saturated heterocycles. The molecule has 0 saturated carbocycles. The lowest BCUT2D eigenvalue weighted by molar-refractivity contribution is 0.352. The third kappa shape index (κ3) is 5.65. The Kier molecular flexibility index (Phi) is 8.96. The molecule has 0 atom stereocenters. The van der Waals surface area contributed by atoms with Gasteiger partial charge in [0.2, 0.25) is 0 Å². The van der Waals surface area contributed by atoms with Crippen molar-refractivity contribution in [2.24, 2.45) is 0 Å². The zero-order chi connectivity index (χ0) is 22.3. The molecule has 158 valence electrons.